The highest BCUT2D eigenvalue weighted by atomic mass is 35.5. The quantitative estimate of drug-likeness (QED) is 0.620. The minimum atomic E-state index is -1.04. The van der Waals surface area contributed by atoms with Crippen LogP contribution in [-0.4, -0.2) is 16.9 Å². The summed E-state index contributed by atoms with van der Waals surface area (Å²) >= 11 is 11.8. The highest BCUT2D eigenvalue weighted by Gasteiger charge is 2.20. The fraction of sp³-hybridized carbons (Fsp3) is 0.133. The van der Waals surface area contributed by atoms with E-state index in [1.54, 1.807) is 12.1 Å². The lowest BCUT2D eigenvalue weighted by Gasteiger charge is -2.16. The monoisotopic (exact) mass is 372 g/mol. The minimum absolute atomic E-state index is 0.139. The number of nitro benzene ring substituents is 1. The molecule has 0 saturated heterocycles. The zero-order valence-corrected chi connectivity index (χ0v) is 13.8. The van der Waals surface area contributed by atoms with Crippen LogP contribution in [0.2, 0.25) is 10.0 Å². The van der Waals surface area contributed by atoms with Gasteiger partial charge in [0, 0.05) is 12.1 Å². The molecule has 1 unspecified atom stereocenters. The summed E-state index contributed by atoms with van der Waals surface area (Å²) in [5.41, 5.74) is -0.667. The van der Waals surface area contributed by atoms with Gasteiger partial charge in [-0.3, -0.25) is 14.9 Å². The third kappa shape index (κ3) is 4.12. The third-order valence-corrected chi connectivity index (χ3v) is 3.81. The summed E-state index contributed by atoms with van der Waals surface area (Å²) in [6.07, 6.45) is -1.04. The van der Waals surface area contributed by atoms with Gasteiger partial charge in [-0.2, -0.15) is 0 Å². The zero-order valence-electron chi connectivity index (χ0n) is 12.3. The average molecular weight is 373 g/mol. The van der Waals surface area contributed by atoms with Gasteiger partial charge in [-0.1, -0.05) is 29.3 Å². The Hall–Kier alpha value is -2.38. The second-order valence-corrected chi connectivity index (χ2v) is 5.51. The molecule has 126 valence electrons. The van der Waals surface area contributed by atoms with Crippen LogP contribution in [-0.2, 0) is 4.79 Å². The molecule has 0 aliphatic heterocycles. The van der Waals surface area contributed by atoms with Crippen LogP contribution in [0.15, 0.2) is 36.4 Å². The molecule has 2 rings (SSSR count). The number of hydrogen-bond acceptors (Lipinski definition) is 4. The number of ether oxygens (including phenoxy) is 1. The third-order valence-electron chi connectivity index (χ3n) is 3.01. The van der Waals surface area contributed by atoms with Gasteiger partial charge in [0.15, 0.2) is 6.10 Å². The van der Waals surface area contributed by atoms with Gasteiger partial charge in [-0.25, -0.2) is 4.39 Å². The van der Waals surface area contributed by atoms with Gasteiger partial charge in [0.2, 0.25) is 0 Å². The first-order chi connectivity index (χ1) is 11.3. The lowest BCUT2D eigenvalue weighted by Crippen LogP contribution is -2.30. The normalized spacial score (nSPS) is 11.7. The van der Waals surface area contributed by atoms with Crippen molar-refractivity contribution in [1.29, 1.82) is 0 Å². The van der Waals surface area contributed by atoms with Crippen LogP contribution < -0.4 is 10.1 Å². The van der Waals surface area contributed by atoms with E-state index in [4.69, 9.17) is 27.9 Å². The van der Waals surface area contributed by atoms with Gasteiger partial charge in [-0.05, 0) is 25.1 Å². The van der Waals surface area contributed by atoms with Gasteiger partial charge < -0.3 is 10.1 Å². The van der Waals surface area contributed by atoms with Crippen molar-refractivity contribution in [3.63, 3.8) is 0 Å². The highest BCUT2D eigenvalue weighted by Crippen LogP contribution is 2.32. The predicted molar refractivity (Wildman–Crippen MR) is 88.2 cm³/mol. The van der Waals surface area contributed by atoms with Crippen molar-refractivity contribution in [2.75, 3.05) is 5.32 Å². The van der Waals surface area contributed by atoms with E-state index in [0.717, 1.165) is 18.2 Å². The second-order valence-electron chi connectivity index (χ2n) is 4.72. The first kappa shape index (κ1) is 18.0. The SMILES string of the molecule is CC(Oc1cccc(Cl)c1Cl)C(=O)Nc1cc([N+](=O)[O-])ccc1F. The number of benzene rings is 2. The Kier molecular flexibility index (Phi) is 5.58. The Morgan fingerprint density at radius 3 is 2.71 bits per heavy atom. The maximum absolute atomic E-state index is 13.7. The predicted octanol–water partition coefficient (Wildman–Crippen LogP) is 4.45. The average Bonchev–Trinajstić information content (AvgIpc) is 2.53. The van der Waals surface area contributed by atoms with Crippen molar-refractivity contribution >= 4 is 40.5 Å². The standard InChI is InChI=1S/C15H11Cl2FN2O4/c1-8(24-13-4-2-3-10(16)14(13)17)15(21)19-12-7-9(20(22)23)5-6-11(12)18/h2-8H,1H3,(H,19,21). The fourth-order valence-electron chi connectivity index (χ4n) is 1.78. The number of halogens is 3. The van der Waals surface area contributed by atoms with E-state index in [9.17, 15) is 19.3 Å². The summed E-state index contributed by atoms with van der Waals surface area (Å²) in [7, 11) is 0. The van der Waals surface area contributed by atoms with Crippen LogP contribution in [0.1, 0.15) is 6.92 Å². The summed E-state index contributed by atoms with van der Waals surface area (Å²) in [6, 6.07) is 7.48. The van der Waals surface area contributed by atoms with Crippen LogP contribution >= 0.6 is 23.2 Å². The van der Waals surface area contributed by atoms with Gasteiger partial charge in [0.25, 0.3) is 11.6 Å². The largest absolute Gasteiger partial charge is 0.479 e. The Labute approximate surface area is 146 Å². The number of carbonyl (C=O) groups excluding carboxylic acids is 1. The molecule has 0 aliphatic carbocycles. The number of non-ortho nitro benzene ring substituents is 1. The number of nitrogens with one attached hydrogen (secondary N) is 1. The zero-order chi connectivity index (χ0) is 17.9. The molecule has 2 aromatic rings. The van der Waals surface area contributed by atoms with Crippen molar-refractivity contribution in [2.24, 2.45) is 0 Å². The van der Waals surface area contributed by atoms with Crippen molar-refractivity contribution in [3.05, 3.63) is 62.4 Å². The lowest BCUT2D eigenvalue weighted by atomic mass is 10.2. The van der Waals surface area contributed by atoms with Crippen LogP contribution in [0.5, 0.6) is 5.75 Å². The van der Waals surface area contributed by atoms with Crippen LogP contribution in [0, 0.1) is 15.9 Å². The summed E-state index contributed by atoms with van der Waals surface area (Å²) < 4.78 is 19.1. The van der Waals surface area contributed by atoms with Crippen LogP contribution in [0.25, 0.3) is 0 Å². The smallest absolute Gasteiger partial charge is 0.271 e. The molecular formula is C15H11Cl2FN2O4. The molecule has 1 N–H and O–H groups in total. The first-order valence-electron chi connectivity index (χ1n) is 6.65. The maximum Gasteiger partial charge on any atom is 0.271 e. The summed E-state index contributed by atoms with van der Waals surface area (Å²) in [5, 5.41) is 13.3. The molecule has 9 heteroatoms. The van der Waals surface area contributed by atoms with E-state index in [1.807, 2.05) is 0 Å². The van der Waals surface area contributed by atoms with Crippen molar-refractivity contribution < 1.29 is 18.8 Å². The lowest BCUT2D eigenvalue weighted by molar-refractivity contribution is -0.384. The number of carbonyl (C=O) groups is 1. The summed E-state index contributed by atoms with van der Waals surface area (Å²) in [5.74, 6) is -1.32. The number of nitrogens with zero attached hydrogens (tertiary/aromatic N) is 1. The van der Waals surface area contributed by atoms with E-state index in [1.165, 1.54) is 13.0 Å². The Morgan fingerprint density at radius 1 is 1.33 bits per heavy atom. The number of hydrogen-bond donors (Lipinski definition) is 1. The number of rotatable bonds is 5. The van der Waals surface area contributed by atoms with Crippen molar-refractivity contribution in [2.45, 2.75) is 13.0 Å². The summed E-state index contributed by atoms with van der Waals surface area (Å²) in [4.78, 5) is 22.1. The van der Waals surface area contributed by atoms with Gasteiger partial charge >= 0.3 is 0 Å². The maximum atomic E-state index is 13.7. The molecule has 0 heterocycles. The summed E-state index contributed by atoms with van der Waals surface area (Å²) in [6.45, 7) is 1.42. The molecule has 0 aromatic heterocycles. The Balaban J connectivity index is 2.13. The highest BCUT2D eigenvalue weighted by molar-refractivity contribution is 6.42. The van der Waals surface area contributed by atoms with E-state index in [-0.39, 0.29) is 27.2 Å². The van der Waals surface area contributed by atoms with E-state index in [0.29, 0.717) is 0 Å². The minimum Gasteiger partial charge on any atom is -0.479 e. The number of amides is 1. The Morgan fingerprint density at radius 2 is 2.04 bits per heavy atom. The van der Waals surface area contributed by atoms with Gasteiger partial charge in [-0.15, -0.1) is 0 Å². The second kappa shape index (κ2) is 7.46. The van der Waals surface area contributed by atoms with Crippen LogP contribution in [0.3, 0.4) is 0 Å². The molecule has 6 nitrogen and oxygen atoms in total. The van der Waals surface area contributed by atoms with Crippen molar-refractivity contribution in [3.8, 4) is 5.75 Å². The first-order valence-corrected chi connectivity index (χ1v) is 7.40. The van der Waals surface area contributed by atoms with E-state index in [2.05, 4.69) is 5.32 Å². The van der Waals surface area contributed by atoms with Gasteiger partial charge in [0.1, 0.15) is 16.6 Å². The number of anilines is 1. The molecule has 1 amide bonds. The molecular weight excluding hydrogens is 362 g/mol. The molecule has 0 bridgehead atoms. The molecule has 1 atom stereocenters. The van der Waals surface area contributed by atoms with E-state index >= 15 is 0 Å². The van der Waals surface area contributed by atoms with Crippen molar-refractivity contribution in [1.82, 2.24) is 0 Å². The molecule has 2 aromatic carbocycles. The molecule has 24 heavy (non-hydrogen) atoms. The number of nitro groups is 1. The van der Waals surface area contributed by atoms with E-state index < -0.39 is 22.8 Å². The molecule has 0 aliphatic rings. The Bertz CT molecular complexity index is 801. The van der Waals surface area contributed by atoms with Gasteiger partial charge in [0.05, 0.1) is 15.6 Å². The molecule has 0 spiro atoms. The molecule has 0 radical (unpaired) electrons. The topological polar surface area (TPSA) is 81.5 Å². The van der Waals surface area contributed by atoms with Crippen LogP contribution in [0.4, 0.5) is 15.8 Å². The fourth-order valence-corrected chi connectivity index (χ4v) is 2.11. The molecule has 0 fully saturated rings. The molecule has 0 saturated carbocycles.